The van der Waals surface area contributed by atoms with E-state index in [1.54, 1.807) is 14.2 Å². The van der Waals surface area contributed by atoms with Gasteiger partial charge in [-0.15, -0.1) is 0 Å². The highest BCUT2D eigenvalue weighted by molar-refractivity contribution is 5.84. The minimum atomic E-state index is -0.251. The molecule has 1 amide bonds. The molecule has 2 N–H and O–H groups in total. The largest absolute Gasteiger partial charge is 0.497 e. The number of hydrogen-bond acceptors (Lipinski definition) is 4. The van der Waals surface area contributed by atoms with Crippen molar-refractivity contribution in [3.05, 3.63) is 89.6 Å². The first-order valence-electron chi connectivity index (χ1n) is 11.4. The lowest BCUT2D eigenvalue weighted by Crippen LogP contribution is -2.39. The van der Waals surface area contributed by atoms with Gasteiger partial charge < -0.3 is 24.5 Å². The minimum Gasteiger partial charge on any atom is -0.497 e. The van der Waals surface area contributed by atoms with Gasteiger partial charge in [-0.1, -0.05) is 30.3 Å². The molecule has 1 aliphatic rings. The fourth-order valence-electron chi connectivity index (χ4n) is 4.64. The lowest BCUT2D eigenvalue weighted by atomic mass is 9.90. The third-order valence-electron chi connectivity index (χ3n) is 6.54. The van der Waals surface area contributed by atoms with Crippen molar-refractivity contribution < 1.29 is 19.0 Å². The highest BCUT2D eigenvalue weighted by atomic mass is 16.5. The molecule has 174 valence electrons. The quantitative estimate of drug-likeness (QED) is 0.423. The van der Waals surface area contributed by atoms with Crippen LogP contribution >= 0.6 is 0 Å². The summed E-state index contributed by atoms with van der Waals surface area (Å²) in [6.45, 7) is 0.847. The molecule has 0 bridgehead atoms. The summed E-state index contributed by atoms with van der Waals surface area (Å²) in [5, 5.41) is 4.35. The van der Waals surface area contributed by atoms with Crippen LogP contribution in [-0.2, 0) is 11.2 Å². The average molecular weight is 457 g/mol. The molecular formula is C28H28N2O4. The van der Waals surface area contributed by atoms with Gasteiger partial charge in [0.1, 0.15) is 23.9 Å². The number of ether oxygens (including phenoxy) is 3. The van der Waals surface area contributed by atoms with Gasteiger partial charge in [0.2, 0.25) is 5.91 Å². The Hall–Kier alpha value is -3.93. The Morgan fingerprint density at radius 1 is 1.06 bits per heavy atom. The molecule has 0 saturated carbocycles. The number of rotatable bonds is 7. The molecule has 0 radical (unpaired) electrons. The van der Waals surface area contributed by atoms with Gasteiger partial charge in [-0.2, -0.15) is 0 Å². The van der Waals surface area contributed by atoms with E-state index in [1.807, 2.05) is 48.7 Å². The number of H-pyrrole nitrogens is 1. The summed E-state index contributed by atoms with van der Waals surface area (Å²) in [6, 6.07) is 22.0. The van der Waals surface area contributed by atoms with Crippen LogP contribution in [0, 0.1) is 5.92 Å². The zero-order valence-corrected chi connectivity index (χ0v) is 19.3. The molecule has 6 nitrogen and oxygen atoms in total. The van der Waals surface area contributed by atoms with Crippen LogP contribution in [0.15, 0.2) is 72.9 Å². The molecule has 6 heteroatoms. The van der Waals surface area contributed by atoms with Gasteiger partial charge in [-0.25, -0.2) is 0 Å². The van der Waals surface area contributed by atoms with Crippen LogP contribution < -0.4 is 19.5 Å². The number of methoxy groups -OCH3 is 2. The van der Waals surface area contributed by atoms with Crippen molar-refractivity contribution in [1.82, 2.24) is 10.3 Å². The maximum Gasteiger partial charge on any atom is 0.226 e. The Morgan fingerprint density at radius 3 is 2.62 bits per heavy atom. The Kier molecular flexibility index (Phi) is 6.12. The Balaban J connectivity index is 1.36. The second kappa shape index (κ2) is 9.51. The Morgan fingerprint density at radius 2 is 1.82 bits per heavy atom. The molecule has 3 aromatic carbocycles. The molecule has 1 aromatic heterocycles. The molecule has 0 aliphatic carbocycles. The van der Waals surface area contributed by atoms with E-state index in [9.17, 15) is 4.79 Å². The number of carbonyl (C=O) groups is 1. The maximum atomic E-state index is 13.2. The summed E-state index contributed by atoms with van der Waals surface area (Å²) in [4.78, 5) is 16.5. The second-order valence-electron chi connectivity index (χ2n) is 8.55. The summed E-state index contributed by atoms with van der Waals surface area (Å²) >= 11 is 0. The lowest BCUT2D eigenvalue weighted by molar-refractivity contribution is -0.126. The predicted octanol–water partition coefficient (Wildman–Crippen LogP) is 4.68. The normalized spacial score (nSPS) is 15.8. The number of para-hydroxylation sites is 1. The van der Waals surface area contributed by atoms with E-state index in [4.69, 9.17) is 14.2 Å². The van der Waals surface area contributed by atoms with Crippen molar-refractivity contribution >= 4 is 16.8 Å². The first-order valence-corrected chi connectivity index (χ1v) is 11.4. The standard InChI is InChI=1S/C28H28N2O4/c1-32-21-9-7-18(8-10-21)24(25-16-29-26-6-4-3-5-23(25)26)15-30-28(31)20-13-19-14-22(33-2)11-12-27(19)34-17-20/h3-12,14,16,20,24,29H,13,15,17H2,1-2H3,(H,30,31). The van der Waals surface area contributed by atoms with E-state index in [2.05, 4.69) is 34.6 Å². The molecule has 34 heavy (non-hydrogen) atoms. The number of carbonyl (C=O) groups excluding carboxylic acids is 1. The van der Waals surface area contributed by atoms with Crippen LogP contribution in [0.4, 0.5) is 0 Å². The fourth-order valence-corrected chi connectivity index (χ4v) is 4.64. The smallest absolute Gasteiger partial charge is 0.226 e. The van der Waals surface area contributed by atoms with E-state index in [-0.39, 0.29) is 17.7 Å². The van der Waals surface area contributed by atoms with Crippen molar-refractivity contribution in [2.24, 2.45) is 5.92 Å². The van der Waals surface area contributed by atoms with Gasteiger partial charge in [0, 0.05) is 29.6 Å². The van der Waals surface area contributed by atoms with Gasteiger partial charge in [0.15, 0.2) is 0 Å². The molecule has 0 saturated heterocycles. The number of hydrogen-bond donors (Lipinski definition) is 2. The minimum absolute atomic E-state index is 0.00757. The van der Waals surface area contributed by atoms with Gasteiger partial charge in [-0.3, -0.25) is 4.79 Å². The van der Waals surface area contributed by atoms with Gasteiger partial charge in [0.05, 0.1) is 20.1 Å². The van der Waals surface area contributed by atoms with E-state index in [1.165, 1.54) is 0 Å². The molecular weight excluding hydrogens is 428 g/mol. The van der Waals surface area contributed by atoms with Gasteiger partial charge in [-0.05, 0) is 59.5 Å². The molecule has 4 aromatic rings. The van der Waals surface area contributed by atoms with E-state index < -0.39 is 0 Å². The fraction of sp³-hybridized carbons (Fsp3) is 0.250. The van der Waals surface area contributed by atoms with Crippen molar-refractivity contribution in [2.45, 2.75) is 12.3 Å². The predicted molar refractivity (Wildman–Crippen MR) is 132 cm³/mol. The number of nitrogens with one attached hydrogen (secondary N) is 2. The number of aromatic nitrogens is 1. The SMILES string of the molecule is COc1ccc(C(CNC(=O)C2COc3ccc(OC)cc3C2)c2c[nH]c3ccccc23)cc1. The Labute approximate surface area is 198 Å². The zero-order valence-electron chi connectivity index (χ0n) is 19.3. The summed E-state index contributed by atoms with van der Waals surface area (Å²) in [5.41, 5.74) is 4.33. The monoisotopic (exact) mass is 456 g/mol. The summed E-state index contributed by atoms with van der Waals surface area (Å²) in [6.07, 6.45) is 2.66. The highest BCUT2D eigenvalue weighted by Crippen LogP contribution is 2.33. The molecule has 2 unspecified atom stereocenters. The van der Waals surface area contributed by atoms with Crippen molar-refractivity contribution in [3.63, 3.8) is 0 Å². The number of benzene rings is 3. The zero-order chi connectivity index (χ0) is 23.5. The molecule has 2 heterocycles. The number of aromatic amines is 1. The van der Waals surface area contributed by atoms with Crippen LogP contribution in [-0.4, -0.2) is 38.3 Å². The van der Waals surface area contributed by atoms with Gasteiger partial charge in [0.25, 0.3) is 0 Å². The number of fused-ring (bicyclic) bond motifs is 2. The third-order valence-corrected chi connectivity index (χ3v) is 6.54. The number of amides is 1. The van der Waals surface area contributed by atoms with E-state index >= 15 is 0 Å². The summed E-state index contributed by atoms with van der Waals surface area (Å²) in [5.74, 6) is 2.12. The van der Waals surface area contributed by atoms with Crippen molar-refractivity contribution in [1.29, 1.82) is 0 Å². The van der Waals surface area contributed by atoms with Crippen LogP contribution in [0.2, 0.25) is 0 Å². The molecule has 0 fully saturated rings. The molecule has 5 rings (SSSR count). The Bertz CT molecular complexity index is 1300. The molecule has 1 aliphatic heterocycles. The maximum absolute atomic E-state index is 13.2. The van der Waals surface area contributed by atoms with Crippen LogP contribution in [0.25, 0.3) is 10.9 Å². The summed E-state index contributed by atoms with van der Waals surface area (Å²) < 4.78 is 16.5. The average Bonchev–Trinajstić information content (AvgIpc) is 3.32. The molecule has 2 atom stereocenters. The van der Waals surface area contributed by atoms with Crippen molar-refractivity contribution in [3.8, 4) is 17.2 Å². The van der Waals surface area contributed by atoms with Crippen LogP contribution in [0.3, 0.4) is 0 Å². The van der Waals surface area contributed by atoms with E-state index in [0.717, 1.165) is 44.8 Å². The summed E-state index contributed by atoms with van der Waals surface area (Å²) in [7, 11) is 3.30. The second-order valence-corrected chi connectivity index (χ2v) is 8.55. The molecule has 0 spiro atoms. The first-order chi connectivity index (χ1) is 16.7. The van der Waals surface area contributed by atoms with Crippen molar-refractivity contribution in [2.75, 3.05) is 27.4 Å². The third kappa shape index (κ3) is 4.31. The topological polar surface area (TPSA) is 72.6 Å². The van der Waals surface area contributed by atoms with Crippen LogP contribution in [0.5, 0.6) is 17.2 Å². The lowest BCUT2D eigenvalue weighted by Gasteiger charge is -2.26. The highest BCUT2D eigenvalue weighted by Gasteiger charge is 2.27. The van der Waals surface area contributed by atoms with Crippen LogP contribution in [0.1, 0.15) is 22.6 Å². The van der Waals surface area contributed by atoms with E-state index in [0.29, 0.717) is 19.6 Å². The first kappa shape index (κ1) is 21.9. The van der Waals surface area contributed by atoms with Gasteiger partial charge >= 0.3 is 0 Å².